The predicted molar refractivity (Wildman–Crippen MR) is 92.5 cm³/mol. The molecule has 0 heterocycles. The Morgan fingerprint density at radius 1 is 1.23 bits per heavy atom. The molecule has 0 saturated heterocycles. The van der Waals surface area contributed by atoms with Crippen LogP contribution in [0.15, 0.2) is 48.5 Å². The quantitative estimate of drug-likeness (QED) is 0.834. The average molecular weight is 336 g/mol. The summed E-state index contributed by atoms with van der Waals surface area (Å²) in [5.74, 6) is 1.95. The van der Waals surface area contributed by atoms with Gasteiger partial charge in [-0.05, 0) is 29.3 Å². The third-order valence-corrected chi connectivity index (χ3v) is 4.42. The summed E-state index contributed by atoms with van der Waals surface area (Å²) in [5, 5.41) is 3.65. The monoisotopic (exact) mass is 335 g/mol. The SMILES string of the molecule is COc1cccc(CNC(=O)CSCc2ccccc2Cl)c1. The smallest absolute Gasteiger partial charge is 0.230 e. The zero-order valence-corrected chi connectivity index (χ0v) is 13.9. The maximum Gasteiger partial charge on any atom is 0.230 e. The van der Waals surface area contributed by atoms with Gasteiger partial charge in [0.25, 0.3) is 0 Å². The van der Waals surface area contributed by atoms with Crippen molar-refractivity contribution < 1.29 is 9.53 Å². The maximum absolute atomic E-state index is 11.8. The molecule has 2 aromatic rings. The number of rotatable bonds is 7. The zero-order chi connectivity index (χ0) is 15.8. The van der Waals surface area contributed by atoms with Gasteiger partial charge < -0.3 is 10.1 Å². The second kappa shape index (κ2) is 8.71. The van der Waals surface area contributed by atoms with E-state index in [0.717, 1.165) is 27.7 Å². The van der Waals surface area contributed by atoms with Crippen LogP contribution in [0.3, 0.4) is 0 Å². The van der Waals surface area contributed by atoms with Crippen molar-refractivity contribution in [3.8, 4) is 5.75 Å². The number of halogens is 1. The summed E-state index contributed by atoms with van der Waals surface area (Å²) in [4.78, 5) is 11.8. The van der Waals surface area contributed by atoms with Gasteiger partial charge in [0.2, 0.25) is 5.91 Å². The first-order valence-electron chi connectivity index (χ1n) is 6.90. The largest absolute Gasteiger partial charge is 0.497 e. The zero-order valence-electron chi connectivity index (χ0n) is 12.3. The number of methoxy groups -OCH3 is 1. The van der Waals surface area contributed by atoms with Gasteiger partial charge in [-0.2, -0.15) is 0 Å². The number of amides is 1. The summed E-state index contributed by atoms with van der Waals surface area (Å²) < 4.78 is 5.16. The fraction of sp³-hybridized carbons (Fsp3) is 0.235. The molecule has 0 saturated carbocycles. The molecule has 2 aromatic carbocycles. The van der Waals surface area contributed by atoms with Crippen molar-refractivity contribution in [2.45, 2.75) is 12.3 Å². The Morgan fingerprint density at radius 3 is 2.82 bits per heavy atom. The molecule has 1 amide bonds. The molecular weight excluding hydrogens is 318 g/mol. The molecule has 0 radical (unpaired) electrons. The molecule has 0 spiro atoms. The Hall–Kier alpha value is -1.65. The van der Waals surface area contributed by atoms with E-state index < -0.39 is 0 Å². The average Bonchev–Trinajstić information content (AvgIpc) is 2.55. The molecule has 116 valence electrons. The minimum absolute atomic E-state index is 0.0138. The number of thioether (sulfide) groups is 1. The number of ether oxygens (including phenoxy) is 1. The lowest BCUT2D eigenvalue weighted by atomic mass is 10.2. The highest BCUT2D eigenvalue weighted by atomic mass is 35.5. The van der Waals surface area contributed by atoms with Gasteiger partial charge in [0.05, 0.1) is 12.9 Å². The highest BCUT2D eigenvalue weighted by Gasteiger charge is 2.04. The van der Waals surface area contributed by atoms with E-state index in [0.29, 0.717) is 12.3 Å². The molecule has 0 aliphatic rings. The second-order valence-electron chi connectivity index (χ2n) is 4.71. The van der Waals surface area contributed by atoms with Crippen molar-refractivity contribution in [1.29, 1.82) is 0 Å². The summed E-state index contributed by atoms with van der Waals surface area (Å²) in [6.07, 6.45) is 0. The van der Waals surface area contributed by atoms with Gasteiger partial charge in [-0.3, -0.25) is 4.79 Å². The number of carbonyl (C=O) groups is 1. The highest BCUT2D eigenvalue weighted by Crippen LogP contribution is 2.20. The standard InChI is InChI=1S/C17H18ClNO2S/c1-21-15-7-4-5-13(9-15)10-19-17(20)12-22-11-14-6-2-3-8-16(14)18/h2-9H,10-12H2,1H3,(H,19,20). The van der Waals surface area contributed by atoms with Crippen LogP contribution in [0.2, 0.25) is 5.02 Å². The van der Waals surface area contributed by atoms with E-state index in [1.165, 1.54) is 0 Å². The van der Waals surface area contributed by atoms with Crippen LogP contribution in [0, 0.1) is 0 Å². The van der Waals surface area contributed by atoms with E-state index in [4.69, 9.17) is 16.3 Å². The molecule has 1 N–H and O–H groups in total. The number of hydrogen-bond acceptors (Lipinski definition) is 3. The first-order valence-corrected chi connectivity index (χ1v) is 8.43. The van der Waals surface area contributed by atoms with Crippen LogP contribution in [0.5, 0.6) is 5.75 Å². The Labute approximate surface area is 140 Å². The molecular formula is C17H18ClNO2S. The van der Waals surface area contributed by atoms with E-state index in [-0.39, 0.29) is 5.91 Å². The topological polar surface area (TPSA) is 38.3 Å². The van der Waals surface area contributed by atoms with Gasteiger partial charge in [-0.1, -0.05) is 41.9 Å². The first kappa shape index (κ1) is 16.7. The third-order valence-electron chi connectivity index (χ3n) is 3.07. The molecule has 0 aromatic heterocycles. The van der Waals surface area contributed by atoms with Crippen LogP contribution in [0.1, 0.15) is 11.1 Å². The second-order valence-corrected chi connectivity index (χ2v) is 6.11. The van der Waals surface area contributed by atoms with Gasteiger partial charge >= 0.3 is 0 Å². The Balaban J connectivity index is 1.73. The van der Waals surface area contributed by atoms with Crippen molar-refractivity contribution in [3.05, 3.63) is 64.7 Å². The highest BCUT2D eigenvalue weighted by molar-refractivity contribution is 7.99. The Bertz CT molecular complexity index is 634. The molecule has 3 nitrogen and oxygen atoms in total. The normalized spacial score (nSPS) is 10.3. The molecule has 0 fully saturated rings. The lowest BCUT2D eigenvalue weighted by molar-refractivity contribution is -0.118. The van der Waals surface area contributed by atoms with E-state index in [1.54, 1.807) is 18.9 Å². The summed E-state index contributed by atoms with van der Waals surface area (Å²) >= 11 is 7.63. The van der Waals surface area contributed by atoms with Crippen molar-refractivity contribution in [2.24, 2.45) is 0 Å². The van der Waals surface area contributed by atoms with Crippen LogP contribution in [-0.4, -0.2) is 18.8 Å². The fourth-order valence-electron chi connectivity index (χ4n) is 1.90. The van der Waals surface area contributed by atoms with Crippen molar-refractivity contribution in [1.82, 2.24) is 5.32 Å². The Kier molecular flexibility index (Phi) is 6.62. The Morgan fingerprint density at radius 2 is 2.05 bits per heavy atom. The van der Waals surface area contributed by atoms with Gasteiger partial charge in [0, 0.05) is 17.3 Å². The number of hydrogen-bond donors (Lipinski definition) is 1. The molecule has 0 atom stereocenters. The number of benzene rings is 2. The van der Waals surface area contributed by atoms with Crippen LogP contribution >= 0.6 is 23.4 Å². The molecule has 0 unspecified atom stereocenters. The van der Waals surface area contributed by atoms with Gasteiger partial charge in [0.15, 0.2) is 0 Å². The molecule has 5 heteroatoms. The summed E-state index contributed by atoms with van der Waals surface area (Å²) in [5.41, 5.74) is 2.07. The summed E-state index contributed by atoms with van der Waals surface area (Å²) in [7, 11) is 1.63. The summed E-state index contributed by atoms with van der Waals surface area (Å²) in [6.45, 7) is 0.503. The minimum atomic E-state index is 0.0138. The molecule has 0 bridgehead atoms. The minimum Gasteiger partial charge on any atom is -0.497 e. The number of nitrogens with one attached hydrogen (secondary N) is 1. The van der Waals surface area contributed by atoms with E-state index in [9.17, 15) is 4.79 Å². The van der Waals surface area contributed by atoms with Crippen LogP contribution in [-0.2, 0) is 17.1 Å². The van der Waals surface area contributed by atoms with E-state index in [1.807, 2.05) is 48.5 Å². The lowest BCUT2D eigenvalue weighted by Gasteiger charge is -2.07. The van der Waals surface area contributed by atoms with Crippen LogP contribution in [0.4, 0.5) is 0 Å². The van der Waals surface area contributed by atoms with Crippen LogP contribution < -0.4 is 10.1 Å². The van der Waals surface area contributed by atoms with Crippen LogP contribution in [0.25, 0.3) is 0 Å². The van der Waals surface area contributed by atoms with Gasteiger partial charge in [0.1, 0.15) is 5.75 Å². The molecule has 0 aliphatic heterocycles. The fourth-order valence-corrected chi connectivity index (χ4v) is 3.05. The van der Waals surface area contributed by atoms with Crippen molar-refractivity contribution >= 4 is 29.3 Å². The van der Waals surface area contributed by atoms with Crippen molar-refractivity contribution in [3.63, 3.8) is 0 Å². The van der Waals surface area contributed by atoms with E-state index in [2.05, 4.69) is 5.32 Å². The van der Waals surface area contributed by atoms with Gasteiger partial charge in [-0.25, -0.2) is 0 Å². The van der Waals surface area contributed by atoms with Gasteiger partial charge in [-0.15, -0.1) is 11.8 Å². The lowest BCUT2D eigenvalue weighted by Crippen LogP contribution is -2.24. The molecule has 0 aliphatic carbocycles. The molecule has 22 heavy (non-hydrogen) atoms. The predicted octanol–water partition coefficient (Wildman–Crippen LogP) is 3.90. The first-order chi connectivity index (χ1) is 10.7. The van der Waals surface area contributed by atoms with E-state index >= 15 is 0 Å². The van der Waals surface area contributed by atoms with Crippen molar-refractivity contribution in [2.75, 3.05) is 12.9 Å². The number of carbonyl (C=O) groups excluding carboxylic acids is 1. The molecule has 2 rings (SSSR count). The third kappa shape index (κ3) is 5.28. The maximum atomic E-state index is 11.8. The summed E-state index contributed by atoms with van der Waals surface area (Å²) in [6, 6.07) is 15.3.